The second kappa shape index (κ2) is 16.1. The molecule has 0 aliphatic carbocycles. The number of hydrogen-bond acceptors (Lipinski definition) is 0. The SMILES string of the molecule is CCCCCCCCCC[N+](Cc1ccccc1)(Cc1ccccc1)Cc1ccccc1.[I-]. The van der Waals surface area contributed by atoms with Gasteiger partial charge in [-0.15, -0.1) is 0 Å². The number of hydrogen-bond donors (Lipinski definition) is 0. The zero-order chi connectivity index (χ0) is 22.3. The summed E-state index contributed by atoms with van der Waals surface area (Å²) in [5.74, 6) is 0. The number of quaternary nitrogens is 1. The molecule has 2 heteroatoms. The molecule has 178 valence electrons. The summed E-state index contributed by atoms with van der Waals surface area (Å²) in [6.45, 7) is 6.78. The van der Waals surface area contributed by atoms with Gasteiger partial charge >= 0.3 is 0 Å². The lowest BCUT2D eigenvalue weighted by Crippen LogP contribution is -3.00. The van der Waals surface area contributed by atoms with Gasteiger partial charge in [-0.25, -0.2) is 0 Å². The largest absolute Gasteiger partial charge is 1.00 e. The fraction of sp³-hybridized carbons (Fsp3) is 0.419. The van der Waals surface area contributed by atoms with Crippen molar-refractivity contribution < 1.29 is 28.5 Å². The third-order valence-corrected chi connectivity index (χ3v) is 6.57. The van der Waals surface area contributed by atoms with E-state index in [0.717, 1.165) is 24.1 Å². The summed E-state index contributed by atoms with van der Waals surface area (Å²) in [5, 5.41) is 0. The lowest BCUT2D eigenvalue weighted by Gasteiger charge is -2.39. The van der Waals surface area contributed by atoms with Gasteiger partial charge in [0.1, 0.15) is 19.6 Å². The third-order valence-electron chi connectivity index (χ3n) is 6.57. The Morgan fingerprint density at radius 3 is 1.15 bits per heavy atom. The average molecular weight is 556 g/mol. The van der Waals surface area contributed by atoms with Gasteiger partial charge in [0.2, 0.25) is 0 Å². The molecule has 0 spiro atoms. The third kappa shape index (κ3) is 10.4. The fourth-order valence-corrected chi connectivity index (χ4v) is 4.90. The molecule has 0 fully saturated rings. The molecule has 0 heterocycles. The van der Waals surface area contributed by atoms with E-state index in [1.165, 1.54) is 74.6 Å². The molecule has 0 aliphatic heterocycles. The molecule has 0 N–H and O–H groups in total. The first kappa shape index (κ1) is 27.6. The predicted octanol–water partition coefficient (Wildman–Crippen LogP) is 5.55. The number of nitrogens with zero attached hydrogens (tertiary/aromatic N) is 1. The van der Waals surface area contributed by atoms with Crippen LogP contribution in [-0.4, -0.2) is 11.0 Å². The van der Waals surface area contributed by atoms with Crippen LogP contribution >= 0.6 is 0 Å². The van der Waals surface area contributed by atoms with Crippen molar-refractivity contribution >= 4 is 0 Å². The minimum Gasteiger partial charge on any atom is -1.00 e. The topological polar surface area (TPSA) is 0 Å². The van der Waals surface area contributed by atoms with Gasteiger partial charge in [0.15, 0.2) is 0 Å². The number of unbranched alkanes of at least 4 members (excludes halogenated alkanes) is 7. The van der Waals surface area contributed by atoms with Gasteiger partial charge in [0.05, 0.1) is 6.54 Å². The Kier molecular flexibility index (Phi) is 13.4. The lowest BCUT2D eigenvalue weighted by atomic mass is 10.0. The van der Waals surface area contributed by atoms with Crippen molar-refractivity contribution in [3.05, 3.63) is 108 Å². The maximum atomic E-state index is 2.30. The molecule has 1 nitrogen and oxygen atoms in total. The fourth-order valence-electron chi connectivity index (χ4n) is 4.90. The Morgan fingerprint density at radius 2 is 0.788 bits per heavy atom. The van der Waals surface area contributed by atoms with Crippen molar-refractivity contribution in [2.24, 2.45) is 0 Å². The second-order valence-electron chi connectivity index (χ2n) is 9.47. The summed E-state index contributed by atoms with van der Waals surface area (Å²) in [6.07, 6.45) is 11.0. The first-order valence-electron chi connectivity index (χ1n) is 12.8. The molecule has 3 aromatic carbocycles. The quantitative estimate of drug-likeness (QED) is 0.131. The number of rotatable bonds is 15. The summed E-state index contributed by atoms with van der Waals surface area (Å²) in [7, 11) is 0. The first-order valence-corrected chi connectivity index (χ1v) is 12.8. The molecular weight excluding hydrogens is 513 g/mol. The summed E-state index contributed by atoms with van der Waals surface area (Å²) >= 11 is 0. The number of halogens is 1. The van der Waals surface area contributed by atoms with E-state index in [-0.39, 0.29) is 24.0 Å². The van der Waals surface area contributed by atoms with Crippen molar-refractivity contribution in [1.29, 1.82) is 0 Å². The highest BCUT2D eigenvalue weighted by Gasteiger charge is 2.28. The highest BCUT2D eigenvalue weighted by atomic mass is 127. The zero-order valence-electron chi connectivity index (χ0n) is 20.5. The molecule has 0 unspecified atom stereocenters. The second-order valence-corrected chi connectivity index (χ2v) is 9.47. The average Bonchev–Trinajstić information content (AvgIpc) is 2.83. The Bertz CT molecular complexity index is 746. The molecule has 0 aromatic heterocycles. The van der Waals surface area contributed by atoms with Crippen LogP contribution in [0.5, 0.6) is 0 Å². The lowest BCUT2D eigenvalue weighted by molar-refractivity contribution is -0.966. The highest BCUT2D eigenvalue weighted by Crippen LogP contribution is 2.26. The van der Waals surface area contributed by atoms with E-state index in [1.54, 1.807) is 0 Å². The maximum Gasteiger partial charge on any atom is 0.105 e. The van der Waals surface area contributed by atoms with Gasteiger partial charge in [0, 0.05) is 16.7 Å². The molecule has 0 amide bonds. The van der Waals surface area contributed by atoms with E-state index in [9.17, 15) is 0 Å². The minimum absolute atomic E-state index is 0. The van der Waals surface area contributed by atoms with E-state index in [2.05, 4.69) is 97.9 Å². The van der Waals surface area contributed by atoms with E-state index in [1.807, 2.05) is 0 Å². The van der Waals surface area contributed by atoms with Crippen LogP contribution < -0.4 is 24.0 Å². The van der Waals surface area contributed by atoms with Gasteiger partial charge in [-0.1, -0.05) is 136 Å². The molecule has 3 aromatic rings. The van der Waals surface area contributed by atoms with Crippen molar-refractivity contribution in [1.82, 2.24) is 0 Å². The standard InChI is InChI=1S/C31H42N.HI/c1-2-3-4-5-6-7-8-18-25-32(26-29-19-12-9-13-20-29,27-30-21-14-10-15-22-30)28-31-23-16-11-17-24-31;/h9-17,19-24H,2-8,18,25-28H2,1H3;1H/q+1;/p-1. The minimum atomic E-state index is 0. The summed E-state index contributed by atoms with van der Waals surface area (Å²) in [6, 6.07) is 33.3. The van der Waals surface area contributed by atoms with E-state index >= 15 is 0 Å². The highest BCUT2D eigenvalue weighted by molar-refractivity contribution is 5.17. The Hall–Kier alpha value is -1.65. The van der Waals surface area contributed by atoms with Crippen molar-refractivity contribution in [2.75, 3.05) is 6.54 Å². The van der Waals surface area contributed by atoms with Crippen molar-refractivity contribution in [3.63, 3.8) is 0 Å². The smallest absolute Gasteiger partial charge is 0.105 e. The van der Waals surface area contributed by atoms with E-state index < -0.39 is 0 Å². The summed E-state index contributed by atoms with van der Waals surface area (Å²) in [4.78, 5) is 0. The monoisotopic (exact) mass is 555 g/mol. The molecule has 0 atom stereocenters. The molecule has 0 aliphatic rings. The normalized spacial score (nSPS) is 11.2. The van der Waals surface area contributed by atoms with Crippen LogP contribution in [0.1, 0.15) is 75.0 Å². The summed E-state index contributed by atoms with van der Waals surface area (Å²) in [5.41, 5.74) is 4.33. The van der Waals surface area contributed by atoms with Crippen LogP contribution in [0.4, 0.5) is 0 Å². The molecule has 33 heavy (non-hydrogen) atoms. The van der Waals surface area contributed by atoms with Crippen LogP contribution in [0.15, 0.2) is 91.0 Å². The van der Waals surface area contributed by atoms with Gasteiger partial charge < -0.3 is 28.5 Å². The van der Waals surface area contributed by atoms with E-state index in [0.29, 0.717) is 0 Å². The molecular formula is C31H42IN. The van der Waals surface area contributed by atoms with Crippen LogP contribution in [-0.2, 0) is 19.6 Å². The van der Waals surface area contributed by atoms with Gasteiger partial charge in [-0.2, -0.15) is 0 Å². The van der Waals surface area contributed by atoms with Crippen LogP contribution in [0.25, 0.3) is 0 Å². The van der Waals surface area contributed by atoms with Gasteiger partial charge in [-0.05, 0) is 12.8 Å². The molecule has 0 bridgehead atoms. The maximum absolute atomic E-state index is 2.30. The molecule has 0 radical (unpaired) electrons. The molecule has 0 saturated heterocycles. The Balaban J connectivity index is 0.00000385. The van der Waals surface area contributed by atoms with Crippen LogP contribution in [0, 0.1) is 0 Å². The van der Waals surface area contributed by atoms with Crippen LogP contribution in [0.2, 0.25) is 0 Å². The molecule has 3 rings (SSSR count). The van der Waals surface area contributed by atoms with E-state index in [4.69, 9.17) is 0 Å². The zero-order valence-corrected chi connectivity index (χ0v) is 22.6. The van der Waals surface area contributed by atoms with Gasteiger partial charge in [0.25, 0.3) is 0 Å². The summed E-state index contributed by atoms with van der Waals surface area (Å²) < 4.78 is 1.09. The van der Waals surface area contributed by atoms with Crippen molar-refractivity contribution in [3.8, 4) is 0 Å². The Morgan fingerprint density at radius 1 is 0.455 bits per heavy atom. The van der Waals surface area contributed by atoms with Crippen molar-refractivity contribution in [2.45, 2.75) is 77.9 Å². The molecule has 0 saturated carbocycles. The number of benzene rings is 3. The first-order chi connectivity index (χ1) is 15.8. The Labute approximate surface area is 219 Å². The predicted molar refractivity (Wildman–Crippen MR) is 138 cm³/mol. The van der Waals surface area contributed by atoms with Gasteiger partial charge in [-0.3, -0.25) is 0 Å². The van der Waals surface area contributed by atoms with Crippen LogP contribution in [0.3, 0.4) is 0 Å².